The average molecular weight is 486 g/mol. The van der Waals surface area contributed by atoms with Crippen LogP contribution in [-0.4, -0.2) is 33.0 Å². The first-order valence-corrected chi connectivity index (χ1v) is 12.2. The zero-order valence-corrected chi connectivity index (χ0v) is 20.1. The number of benzene rings is 2. The van der Waals surface area contributed by atoms with Gasteiger partial charge in [-0.2, -0.15) is 0 Å². The number of amides is 1. The van der Waals surface area contributed by atoms with Crippen LogP contribution in [0.4, 0.5) is 5.69 Å². The molecule has 0 spiro atoms. The van der Waals surface area contributed by atoms with Crippen molar-refractivity contribution in [2.24, 2.45) is 0 Å². The highest BCUT2D eigenvalue weighted by atomic mass is 32.2. The first-order chi connectivity index (χ1) is 15.9. The van der Waals surface area contributed by atoms with Crippen LogP contribution >= 0.6 is 24.0 Å². The molecule has 1 saturated heterocycles. The third-order valence-electron chi connectivity index (χ3n) is 5.21. The van der Waals surface area contributed by atoms with E-state index in [0.29, 0.717) is 21.5 Å². The fraction of sp³-hybridized carbons (Fsp3) is 0.320. The van der Waals surface area contributed by atoms with Crippen molar-refractivity contribution in [1.82, 2.24) is 0 Å². The molecule has 8 heteroatoms. The lowest BCUT2D eigenvalue weighted by molar-refractivity contribution is -0.113. The minimum absolute atomic E-state index is 0.290. The molecule has 3 rings (SSSR count). The number of nitrogens with zero attached hydrogens (tertiary/aromatic N) is 1. The maximum Gasteiger partial charge on any atom is 0.339 e. The molecule has 1 heterocycles. The van der Waals surface area contributed by atoms with Crippen molar-refractivity contribution in [2.45, 2.75) is 45.4 Å². The summed E-state index contributed by atoms with van der Waals surface area (Å²) in [6, 6.07) is 11.5. The maximum atomic E-state index is 12.9. The van der Waals surface area contributed by atoms with E-state index in [2.05, 4.69) is 6.92 Å². The molecule has 1 amide bonds. The van der Waals surface area contributed by atoms with E-state index in [1.54, 1.807) is 6.08 Å². The third kappa shape index (κ3) is 6.58. The lowest BCUT2D eigenvalue weighted by Gasteiger charge is -2.15. The van der Waals surface area contributed by atoms with Crippen molar-refractivity contribution < 1.29 is 24.5 Å². The molecule has 2 N–H and O–H groups in total. The molecule has 6 nitrogen and oxygen atoms in total. The highest BCUT2D eigenvalue weighted by Gasteiger charge is 2.34. The first-order valence-electron chi connectivity index (χ1n) is 11.0. The number of carbonyl (C=O) groups is 2. The number of carboxylic acids is 1. The Morgan fingerprint density at radius 1 is 1.09 bits per heavy atom. The van der Waals surface area contributed by atoms with Crippen LogP contribution in [0.5, 0.6) is 11.5 Å². The molecule has 1 fully saturated rings. The molecule has 1 aliphatic heterocycles. The summed E-state index contributed by atoms with van der Waals surface area (Å²) in [5.41, 5.74) is 0.843. The van der Waals surface area contributed by atoms with Gasteiger partial charge >= 0.3 is 5.97 Å². The molecule has 0 saturated carbocycles. The molecular formula is C25H27NO5S2. The highest BCUT2D eigenvalue weighted by molar-refractivity contribution is 8.27. The van der Waals surface area contributed by atoms with Gasteiger partial charge in [0.05, 0.1) is 17.2 Å². The molecule has 2 aromatic carbocycles. The fourth-order valence-corrected chi connectivity index (χ4v) is 4.71. The van der Waals surface area contributed by atoms with Crippen LogP contribution in [0.25, 0.3) is 6.08 Å². The Morgan fingerprint density at radius 3 is 2.48 bits per heavy atom. The number of carbonyl (C=O) groups excluding carboxylic acids is 1. The summed E-state index contributed by atoms with van der Waals surface area (Å²) in [7, 11) is 0. The highest BCUT2D eigenvalue weighted by Crippen LogP contribution is 2.37. The lowest BCUT2D eigenvalue weighted by atomic mass is 10.1. The Kier molecular flexibility index (Phi) is 8.91. The van der Waals surface area contributed by atoms with Gasteiger partial charge < -0.3 is 14.9 Å². The number of phenols is 1. The molecule has 0 aliphatic carbocycles. The molecule has 0 atom stereocenters. The van der Waals surface area contributed by atoms with Crippen molar-refractivity contribution in [1.29, 1.82) is 0 Å². The Bertz CT molecular complexity index is 1050. The van der Waals surface area contributed by atoms with Crippen LogP contribution in [-0.2, 0) is 4.79 Å². The number of anilines is 1. The molecule has 0 unspecified atom stereocenters. The Hall–Kier alpha value is -2.84. The molecular weight excluding hydrogens is 458 g/mol. The summed E-state index contributed by atoms with van der Waals surface area (Å²) in [6.45, 7) is 2.90. The number of ether oxygens (including phenoxy) is 1. The van der Waals surface area contributed by atoms with Crippen LogP contribution in [0, 0.1) is 0 Å². The largest absolute Gasteiger partial charge is 0.507 e. The fourth-order valence-electron chi connectivity index (χ4n) is 3.41. The topological polar surface area (TPSA) is 87.1 Å². The number of thioether (sulfide) groups is 1. The minimum atomic E-state index is -1.28. The second-order valence-electron chi connectivity index (χ2n) is 7.71. The van der Waals surface area contributed by atoms with Crippen molar-refractivity contribution in [3.63, 3.8) is 0 Å². The zero-order valence-electron chi connectivity index (χ0n) is 18.5. The van der Waals surface area contributed by atoms with Gasteiger partial charge in [-0.25, -0.2) is 4.79 Å². The average Bonchev–Trinajstić information content (AvgIpc) is 3.07. The van der Waals surface area contributed by atoms with Gasteiger partial charge in [0.25, 0.3) is 5.91 Å². The van der Waals surface area contributed by atoms with E-state index in [-0.39, 0.29) is 17.2 Å². The Labute approximate surface area is 203 Å². The van der Waals surface area contributed by atoms with E-state index in [9.17, 15) is 19.8 Å². The Balaban J connectivity index is 1.61. The number of unbranched alkanes of at least 4 members (excludes halogenated alkanes) is 5. The van der Waals surface area contributed by atoms with Crippen LogP contribution < -0.4 is 9.64 Å². The summed E-state index contributed by atoms with van der Waals surface area (Å²) < 4.78 is 6.10. The van der Waals surface area contributed by atoms with E-state index in [0.717, 1.165) is 29.5 Å². The molecule has 0 bridgehead atoms. The zero-order chi connectivity index (χ0) is 23.8. The van der Waals surface area contributed by atoms with Crippen LogP contribution in [0.2, 0.25) is 0 Å². The van der Waals surface area contributed by atoms with Crippen LogP contribution in [0.15, 0.2) is 47.4 Å². The number of hydrogen-bond acceptors (Lipinski definition) is 6. The van der Waals surface area contributed by atoms with Gasteiger partial charge in [0.2, 0.25) is 0 Å². The number of aromatic carboxylic acids is 1. The molecule has 1 aliphatic rings. The van der Waals surface area contributed by atoms with Crippen molar-refractivity contribution in [3.8, 4) is 11.5 Å². The molecule has 0 aromatic heterocycles. The predicted molar refractivity (Wildman–Crippen MR) is 136 cm³/mol. The molecule has 174 valence electrons. The number of carboxylic acid groups (broad SMARTS) is 1. The smallest absolute Gasteiger partial charge is 0.339 e. The van der Waals surface area contributed by atoms with Gasteiger partial charge in [-0.05, 0) is 48.4 Å². The number of hydrogen-bond donors (Lipinski definition) is 2. The van der Waals surface area contributed by atoms with Crippen molar-refractivity contribution in [3.05, 3.63) is 58.5 Å². The summed E-state index contributed by atoms with van der Waals surface area (Å²) in [6.07, 6.45) is 9.02. The van der Waals surface area contributed by atoms with Gasteiger partial charge in [-0.3, -0.25) is 9.69 Å². The van der Waals surface area contributed by atoms with Gasteiger partial charge in [0.15, 0.2) is 4.32 Å². The maximum absolute atomic E-state index is 12.9. The first kappa shape index (κ1) is 24.8. The number of aromatic hydroxyl groups is 1. The molecule has 2 aromatic rings. The van der Waals surface area contributed by atoms with Gasteiger partial charge in [0, 0.05) is 0 Å². The minimum Gasteiger partial charge on any atom is -0.507 e. The summed E-state index contributed by atoms with van der Waals surface area (Å²) in [5.74, 6) is -1.20. The van der Waals surface area contributed by atoms with Crippen LogP contribution in [0.3, 0.4) is 0 Å². The van der Waals surface area contributed by atoms with Crippen LogP contribution in [0.1, 0.15) is 61.4 Å². The number of rotatable bonds is 11. The summed E-state index contributed by atoms with van der Waals surface area (Å²) in [4.78, 5) is 25.9. The van der Waals surface area contributed by atoms with E-state index in [1.165, 1.54) is 55.2 Å². The van der Waals surface area contributed by atoms with Gasteiger partial charge in [0.1, 0.15) is 17.1 Å². The lowest BCUT2D eigenvalue weighted by Crippen LogP contribution is -2.27. The van der Waals surface area contributed by atoms with Crippen molar-refractivity contribution in [2.75, 3.05) is 11.5 Å². The molecule has 33 heavy (non-hydrogen) atoms. The monoisotopic (exact) mass is 485 g/mol. The van der Waals surface area contributed by atoms with E-state index in [1.807, 2.05) is 24.3 Å². The van der Waals surface area contributed by atoms with Gasteiger partial charge in [-0.15, -0.1) is 0 Å². The predicted octanol–water partition coefficient (Wildman–Crippen LogP) is 6.24. The normalized spacial score (nSPS) is 14.8. The molecule has 0 radical (unpaired) electrons. The SMILES string of the molecule is CCCCCCCCOc1ccc(C=C2SC(=S)N(c3ccc(O)c(C(=O)O)c3)C2=O)cc1. The van der Waals surface area contributed by atoms with Gasteiger partial charge in [-0.1, -0.05) is 75.1 Å². The number of thiocarbonyl (C=S) groups is 1. The van der Waals surface area contributed by atoms with Crippen molar-refractivity contribution >= 4 is 51.9 Å². The quantitative estimate of drug-likeness (QED) is 0.221. The summed E-state index contributed by atoms with van der Waals surface area (Å²) >= 11 is 6.49. The second-order valence-corrected chi connectivity index (χ2v) is 9.38. The Morgan fingerprint density at radius 2 is 1.79 bits per heavy atom. The summed E-state index contributed by atoms with van der Waals surface area (Å²) in [5, 5.41) is 18.9. The standard InChI is InChI=1S/C25H27NO5S2/c1-2-3-4-5-6-7-14-31-19-11-8-17(9-12-19)15-22-23(28)26(25(32)33-22)18-10-13-21(27)20(16-18)24(29)30/h8-13,15-16,27H,2-7,14H2,1H3,(H,29,30). The van der Waals surface area contributed by atoms with E-state index in [4.69, 9.17) is 17.0 Å². The third-order valence-corrected chi connectivity index (χ3v) is 6.51. The van der Waals surface area contributed by atoms with E-state index >= 15 is 0 Å². The van der Waals surface area contributed by atoms with E-state index < -0.39 is 5.97 Å². The second kappa shape index (κ2) is 11.9.